The van der Waals surface area contributed by atoms with Gasteiger partial charge in [-0.15, -0.1) is 0 Å². The zero-order chi connectivity index (χ0) is 59.4. The van der Waals surface area contributed by atoms with Crippen molar-refractivity contribution in [3.8, 4) is 0 Å². The van der Waals surface area contributed by atoms with Crippen LogP contribution >= 0.6 is 0 Å². The second-order valence-corrected chi connectivity index (χ2v) is 36.9. The normalized spacial score (nSPS) is 58.0. The minimum atomic E-state index is -1.29. The van der Waals surface area contributed by atoms with Crippen molar-refractivity contribution in [1.82, 2.24) is 19.6 Å². The molecule has 0 aromatic heterocycles. The molecule has 4 spiro atoms. The standard InChI is InChI=1S/C76H104N4O8/c1-77(2)22-9-12-26-85-66(81)74(67(82)88-29-15-25-80(7)8)71-21-19-38-32-39-31-37-18-20-70-35-42-34-41-33-40-30-36-16-17-43(71)48-44(36)49-45(40)56-59-52-51(49)57(48)64-58-53(52)54-50(46(39)55(58)61(38)72(64,71)74)47(37)63(70)60(54)65(59)73(62(41)56)75(76(42,70)73,68(83)86-27-13-10-23-78(3)4)69(84)87-28-14-11-24-79(5)6/h18,20,33,36-40,42-65H,9-17,19,21-32,34-35H2,1-8H3. The summed E-state index contributed by atoms with van der Waals surface area (Å²) in [4.78, 5) is 76.4. The van der Waals surface area contributed by atoms with Crippen LogP contribution in [0.15, 0.2) is 23.8 Å². The molecule has 35 atom stereocenters. The molecule has 0 N–H and O–H groups in total. The van der Waals surface area contributed by atoms with Gasteiger partial charge in [0, 0.05) is 33.6 Å². The van der Waals surface area contributed by atoms with Gasteiger partial charge in [0.15, 0.2) is 10.8 Å². The van der Waals surface area contributed by atoms with E-state index in [1.165, 1.54) is 38.5 Å². The highest BCUT2D eigenvalue weighted by Crippen LogP contribution is 3.12. The number of esters is 4. The van der Waals surface area contributed by atoms with E-state index in [4.69, 9.17) is 18.9 Å². The van der Waals surface area contributed by atoms with Crippen LogP contribution in [0, 0.1) is 210 Å². The molecule has 0 bridgehead atoms. The molecule has 35 unspecified atom stereocenters. The highest BCUT2D eigenvalue weighted by Gasteiger charge is 3.14. The van der Waals surface area contributed by atoms with Gasteiger partial charge in [-0.25, -0.2) is 0 Å². The largest absolute Gasteiger partial charge is 0.465 e. The molecule has 21 aliphatic carbocycles. The van der Waals surface area contributed by atoms with Gasteiger partial charge in [-0.3, -0.25) is 19.2 Å². The highest BCUT2D eigenvalue weighted by molar-refractivity contribution is 6.10. The monoisotopic (exact) mass is 1200 g/mol. The molecule has 21 rings (SSSR count). The first kappa shape index (κ1) is 54.6. The lowest BCUT2D eigenvalue weighted by Crippen LogP contribution is -2.69. The third-order valence-corrected chi connectivity index (χ3v) is 35.1. The van der Waals surface area contributed by atoms with Crippen molar-refractivity contribution in [2.24, 2.45) is 210 Å². The lowest BCUT2D eigenvalue weighted by Gasteiger charge is -2.72. The van der Waals surface area contributed by atoms with Gasteiger partial charge in [-0.1, -0.05) is 23.8 Å². The Morgan fingerprint density at radius 1 is 0.455 bits per heavy atom. The molecule has 0 aliphatic heterocycles. The van der Waals surface area contributed by atoms with Crippen LogP contribution in [0.2, 0.25) is 0 Å². The summed E-state index contributed by atoms with van der Waals surface area (Å²) in [7, 11) is 17.0. The molecule has 21 aliphatic rings. The van der Waals surface area contributed by atoms with Crippen molar-refractivity contribution in [3.63, 3.8) is 0 Å². The summed E-state index contributed by atoms with van der Waals surface area (Å²) in [5, 5.41) is 0. The molecule has 19 saturated carbocycles. The van der Waals surface area contributed by atoms with Crippen molar-refractivity contribution in [2.45, 2.75) is 103 Å². The van der Waals surface area contributed by atoms with E-state index in [0.717, 1.165) is 90.4 Å². The van der Waals surface area contributed by atoms with Crippen LogP contribution in [0.5, 0.6) is 0 Å². The topological polar surface area (TPSA) is 118 Å². The molecule has 12 nitrogen and oxygen atoms in total. The molecule has 12 heteroatoms. The number of rotatable bonds is 23. The summed E-state index contributed by atoms with van der Waals surface area (Å²) >= 11 is 0. The Balaban J connectivity index is 0.791. The van der Waals surface area contributed by atoms with Crippen LogP contribution in [0.4, 0.5) is 0 Å². The van der Waals surface area contributed by atoms with E-state index in [0.29, 0.717) is 192 Å². The SMILES string of the molecule is CN(C)CCCCOC(=O)C1(C(=O)OCCCN(C)C)C23CCC4CC5CC6C=CC78CC9CC%10=CC%11CC%12CCC2C2C%12C%12C%11C%11C%13C%14C%12C2C2C%12C%14C%14C(C5C%12C4C213)C6C7C%14C%13C1(C%10%11)C(C(=O)OCCCCN(C)C)(C(=O)OCCCCN(C)C)C981. The van der Waals surface area contributed by atoms with Gasteiger partial charge in [0.05, 0.1) is 26.4 Å². The van der Waals surface area contributed by atoms with E-state index < -0.39 is 32.5 Å². The number of allylic oxidation sites excluding steroid dienone is 4. The van der Waals surface area contributed by atoms with Gasteiger partial charge >= 0.3 is 23.9 Å². The second kappa shape index (κ2) is 17.2. The fourth-order valence-electron chi connectivity index (χ4n) is 36.4. The summed E-state index contributed by atoms with van der Waals surface area (Å²) in [6, 6.07) is 0. The molecule has 0 amide bonds. The average molecular weight is 1200 g/mol. The quantitative estimate of drug-likeness (QED) is 0.0319. The van der Waals surface area contributed by atoms with Crippen LogP contribution in [-0.4, -0.2) is 152 Å². The molecule has 0 aromatic carbocycles. The maximum atomic E-state index is 16.9. The Hall–Kier alpha value is -2.80. The fraction of sp³-hybridized carbons (Fsp3) is 0.895. The van der Waals surface area contributed by atoms with Crippen LogP contribution in [-0.2, 0) is 38.1 Å². The van der Waals surface area contributed by atoms with Crippen molar-refractivity contribution >= 4 is 23.9 Å². The van der Waals surface area contributed by atoms with Gasteiger partial charge < -0.3 is 38.5 Å². The van der Waals surface area contributed by atoms with Gasteiger partial charge in [-0.2, -0.15) is 0 Å². The summed E-state index contributed by atoms with van der Waals surface area (Å²) in [5.74, 6) is 14.5. The first-order chi connectivity index (χ1) is 42.6. The number of carbonyl (C=O) groups excluding carboxylic acids is 4. The van der Waals surface area contributed by atoms with E-state index in [2.05, 4.69) is 94.2 Å². The highest BCUT2D eigenvalue weighted by atomic mass is 16.6. The Labute approximate surface area is 524 Å². The van der Waals surface area contributed by atoms with Crippen molar-refractivity contribution in [1.29, 1.82) is 0 Å². The Bertz CT molecular complexity index is 3160. The van der Waals surface area contributed by atoms with Crippen LogP contribution < -0.4 is 0 Å². The average Bonchev–Trinajstić information content (AvgIpc) is 1.37. The molecule has 88 heavy (non-hydrogen) atoms. The minimum absolute atomic E-state index is 0.136. The van der Waals surface area contributed by atoms with Crippen molar-refractivity contribution < 1.29 is 38.1 Å². The van der Waals surface area contributed by atoms with E-state index in [9.17, 15) is 0 Å². The first-order valence-corrected chi connectivity index (χ1v) is 37.3. The molecule has 0 saturated heterocycles. The van der Waals surface area contributed by atoms with Crippen LogP contribution in [0.25, 0.3) is 0 Å². The van der Waals surface area contributed by atoms with E-state index in [1.807, 2.05) is 0 Å². The lowest BCUT2D eigenvalue weighted by molar-refractivity contribution is -0.250. The number of hydrogen-bond donors (Lipinski definition) is 0. The van der Waals surface area contributed by atoms with Crippen LogP contribution in [0.3, 0.4) is 0 Å². The molecule has 476 valence electrons. The van der Waals surface area contributed by atoms with Gasteiger partial charge in [-0.05, 0) is 350 Å². The summed E-state index contributed by atoms with van der Waals surface area (Å²) in [6.45, 7) is 5.21. The minimum Gasteiger partial charge on any atom is -0.465 e. The predicted molar refractivity (Wildman–Crippen MR) is 327 cm³/mol. The lowest BCUT2D eigenvalue weighted by atomic mass is 9.31. The van der Waals surface area contributed by atoms with Gasteiger partial charge in [0.1, 0.15) is 0 Å². The molecule has 0 radical (unpaired) electrons. The van der Waals surface area contributed by atoms with Crippen molar-refractivity contribution in [3.05, 3.63) is 23.8 Å². The van der Waals surface area contributed by atoms with Crippen LogP contribution in [0.1, 0.15) is 103 Å². The molecular weight excluding hydrogens is 1100 g/mol. The number of nitrogens with zero attached hydrogens (tertiary/aromatic N) is 4. The maximum Gasteiger partial charge on any atom is 0.324 e. The Morgan fingerprint density at radius 3 is 1.62 bits per heavy atom. The van der Waals surface area contributed by atoms with Crippen molar-refractivity contribution in [2.75, 3.05) is 109 Å². The Kier molecular flexibility index (Phi) is 10.7. The Morgan fingerprint density at radius 2 is 0.977 bits per heavy atom. The summed E-state index contributed by atoms with van der Waals surface area (Å²) < 4.78 is 28.0. The summed E-state index contributed by atoms with van der Waals surface area (Å²) in [5.41, 5.74) is -2.79. The number of hydrogen-bond acceptors (Lipinski definition) is 12. The molecule has 0 aromatic rings. The number of carbonyl (C=O) groups is 4. The summed E-state index contributed by atoms with van der Waals surface area (Å²) in [6.07, 6.45) is 25.3. The first-order valence-electron chi connectivity index (χ1n) is 37.3. The smallest absolute Gasteiger partial charge is 0.324 e. The maximum absolute atomic E-state index is 16.9. The van der Waals surface area contributed by atoms with E-state index >= 15 is 19.2 Å². The third kappa shape index (κ3) is 5.12. The third-order valence-electron chi connectivity index (χ3n) is 35.1. The van der Waals surface area contributed by atoms with Gasteiger partial charge in [0.25, 0.3) is 0 Å². The fourth-order valence-corrected chi connectivity index (χ4v) is 36.4. The molecular formula is C76H104N4O8. The van der Waals surface area contributed by atoms with Gasteiger partial charge in [0.2, 0.25) is 0 Å². The predicted octanol–water partition coefficient (Wildman–Crippen LogP) is 9.19. The molecule has 19 fully saturated rings. The number of unbranched alkanes of at least 4 members (excludes halogenated alkanes) is 3. The molecule has 0 heterocycles. The number of ether oxygens (including phenoxy) is 4. The zero-order valence-electron chi connectivity index (χ0n) is 54.5. The van der Waals surface area contributed by atoms with E-state index in [1.54, 1.807) is 5.57 Å². The zero-order valence-corrected chi connectivity index (χ0v) is 54.5. The second-order valence-electron chi connectivity index (χ2n) is 36.9. The van der Waals surface area contributed by atoms with E-state index in [-0.39, 0.29) is 35.2 Å².